The normalized spacial score (nSPS) is 11.0. The maximum absolute atomic E-state index is 5.52. The second-order valence-corrected chi connectivity index (χ2v) is 4.19. The molecule has 0 bridgehead atoms. The summed E-state index contributed by atoms with van der Waals surface area (Å²) in [5.74, 6) is 0.969. The number of anilines is 1. The van der Waals surface area contributed by atoms with Crippen LogP contribution in [0.4, 0.5) is 5.82 Å². The molecule has 0 atom stereocenters. The van der Waals surface area contributed by atoms with Gasteiger partial charge in [-0.1, -0.05) is 6.92 Å². The Morgan fingerprint density at radius 3 is 2.94 bits per heavy atom. The zero-order valence-corrected chi connectivity index (χ0v) is 10.4. The van der Waals surface area contributed by atoms with Gasteiger partial charge in [0.1, 0.15) is 5.82 Å². The summed E-state index contributed by atoms with van der Waals surface area (Å²) in [6, 6.07) is 4.00. The van der Waals surface area contributed by atoms with Gasteiger partial charge in [-0.15, -0.1) is 5.10 Å². The fraction of sp³-hybridized carbons (Fsp3) is 0.500. The van der Waals surface area contributed by atoms with Gasteiger partial charge in [-0.25, -0.2) is 9.50 Å². The molecule has 92 valence electrons. The summed E-state index contributed by atoms with van der Waals surface area (Å²) in [6.07, 6.45) is 3.85. The Hall–Kier alpha value is -1.62. The van der Waals surface area contributed by atoms with Crippen LogP contribution in [0, 0.1) is 0 Å². The van der Waals surface area contributed by atoms with Crippen molar-refractivity contribution in [3.05, 3.63) is 24.0 Å². The monoisotopic (exact) mass is 233 g/mol. The van der Waals surface area contributed by atoms with Crippen molar-refractivity contribution >= 4 is 11.5 Å². The largest absolute Gasteiger partial charge is 0.358 e. The topological polar surface area (TPSA) is 59.5 Å². The fourth-order valence-electron chi connectivity index (χ4n) is 1.84. The van der Waals surface area contributed by atoms with E-state index in [1.54, 1.807) is 0 Å². The van der Waals surface area contributed by atoms with E-state index in [4.69, 9.17) is 5.73 Å². The lowest BCUT2D eigenvalue weighted by Gasteiger charge is -2.16. The van der Waals surface area contributed by atoms with Crippen molar-refractivity contribution in [2.45, 2.75) is 19.8 Å². The van der Waals surface area contributed by atoms with Crippen LogP contribution in [0.2, 0.25) is 0 Å². The molecule has 0 spiro atoms. The minimum absolute atomic E-state index is 0.618. The average Bonchev–Trinajstić information content (AvgIpc) is 2.71. The van der Waals surface area contributed by atoms with Crippen LogP contribution in [0.25, 0.3) is 5.65 Å². The second kappa shape index (κ2) is 5.14. The molecule has 0 unspecified atom stereocenters. The molecule has 0 aliphatic heterocycles. The number of nitrogens with two attached hydrogens (primary N) is 1. The fourth-order valence-corrected chi connectivity index (χ4v) is 1.84. The molecule has 0 aromatic carbocycles. The Labute approximate surface area is 101 Å². The van der Waals surface area contributed by atoms with Crippen LogP contribution in [-0.2, 0) is 6.42 Å². The van der Waals surface area contributed by atoms with Crippen molar-refractivity contribution in [3.8, 4) is 0 Å². The predicted molar refractivity (Wildman–Crippen MR) is 69.3 cm³/mol. The number of nitrogens with zero attached hydrogens (tertiary/aromatic N) is 4. The summed E-state index contributed by atoms with van der Waals surface area (Å²) in [7, 11) is 2.05. The standard InChI is InChI=1S/C12H19N5/c1-3-8-16(2)12-5-4-11-14-10(6-7-13)9-17(11)15-12/h4-5,9H,3,6-8,13H2,1-2H3. The molecule has 0 saturated heterocycles. The highest BCUT2D eigenvalue weighted by Gasteiger charge is 2.05. The maximum atomic E-state index is 5.52. The van der Waals surface area contributed by atoms with Gasteiger partial charge in [0, 0.05) is 20.0 Å². The summed E-state index contributed by atoms with van der Waals surface area (Å²) in [5, 5.41) is 4.54. The lowest BCUT2D eigenvalue weighted by atomic mass is 10.3. The molecule has 0 amide bonds. The van der Waals surface area contributed by atoms with E-state index in [0.717, 1.165) is 36.5 Å². The van der Waals surface area contributed by atoms with E-state index in [-0.39, 0.29) is 0 Å². The van der Waals surface area contributed by atoms with Gasteiger partial charge >= 0.3 is 0 Å². The van der Waals surface area contributed by atoms with Gasteiger partial charge in [-0.3, -0.25) is 0 Å². The highest BCUT2D eigenvalue weighted by atomic mass is 15.3. The molecule has 0 aliphatic carbocycles. The highest BCUT2D eigenvalue weighted by molar-refractivity contribution is 5.46. The molecular weight excluding hydrogens is 214 g/mol. The van der Waals surface area contributed by atoms with Gasteiger partial charge in [0.05, 0.1) is 11.9 Å². The lowest BCUT2D eigenvalue weighted by molar-refractivity contribution is 0.807. The summed E-state index contributed by atoms with van der Waals surface area (Å²) < 4.78 is 1.83. The van der Waals surface area contributed by atoms with E-state index >= 15 is 0 Å². The molecule has 2 N–H and O–H groups in total. The van der Waals surface area contributed by atoms with E-state index in [1.165, 1.54) is 0 Å². The van der Waals surface area contributed by atoms with Crippen molar-refractivity contribution < 1.29 is 0 Å². The minimum Gasteiger partial charge on any atom is -0.358 e. The average molecular weight is 233 g/mol. The molecule has 0 aliphatic rings. The van der Waals surface area contributed by atoms with E-state index in [1.807, 2.05) is 22.8 Å². The molecule has 2 aromatic rings. The molecule has 5 heteroatoms. The van der Waals surface area contributed by atoms with Gasteiger partial charge in [0.2, 0.25) is 0 Å². The van der Waals surface area contributed by atoms with Crippen LogP contribution < -0.4 is 10.6 Å². The van der Waals surface area contributed by atoms with Crippen LogP contribution in [0.15, 0.2) is 18.3 Å². The van der Waals surface area contributed by atoms with Crippen molar-refractivity contribution in [2.75, 3.05) is 25.0 Å². The van der Waals surface area contributed by atoms with E-state index in [2.05, 4.69) is 29.0 Å². The Kier molecular flexibility index (Phi) is 3.58. The number of hydrogen-bond donors (Lipinski definition) is 1. The first-order valence-electron chi connectivity index (χ1n) is 6.01. The van der Waals surface area contributed by atoms with Gasteiger partial charge in [-0.05, 0) is 25.1 Å². The van der Waals surface area contributed by atoms with Crippen LogP contribution in [0.3, 0.4) is 0 Å². The zero-order valence-electron chi connectivity index (χ0n) is 10.4. The van der Waals surface area contributed by atoms with E-state index < -0.39 is 0 Å². The maximum Gasteiger partial charge on any atom is 0.153 e. The SMILES string of the molecule is CCCN(C)c1ccc2nc(CCN)cn2n1. The summed E-state index contributed by atoms with van der Waals surface area (Å²) in [5.41, 5.74) is 7.39. The first-order valence-corrected chi connectivity index (χ1v) is 6.01. The first kappa shape index (κ1) is 11.9. The highest BCUT2D eigenvalue weighted by Crippen LogP contribution is 2.11. The van der Waals surface area contributed by atoms with Crippen LogP contribution >= 0.6 is 0 Å². The van der Waals surface area contributed by atoms with Crippen molar-refractivity contribution in [3.63, 3.8) is 0 Å². The van der Waals surface area contributed by atoms with Crippen molar-refractivity contribution in [1.29, 1.82) is 0 Å². The third-order valence-corrected chi connectivity index (χ3v) is 2.71. The van der Waals surface area contributed by atoms with Gasteiger partial charge in [-0.2, -0.15) is 0 Å². The Morgan fingerprint density at radius 1 is 1.41 bits per heavy atom. The molecule has 0 fully saturated rings. The molecule has 2 heterocycles. The van der Waals surface area contributed by atoms with Crippen molar-refractivity contribution in [1.82, 2.24) is 14.6 Å². The lowest BCUT2D eigenvalue weighted by Crippen LogP contribution is -2.19. The number of aromatic nitrogens is 3. The molecule has 0 saturated carbocycles. The van der Waals surface area contributed by atoms with Gasteiger partial charge < -0.3 is 10.6 Å². The summed E-state index contributed by atoms with van der Waals surface area (Å²) >= 11 is 0. The molecule has 2 rings (SSSR count). The van der Waals surface area contributed by atoms with Crippen molar-refractivity contribution in [2.24, 2.45) is 5.73 Å². The van der Waals surface area contributed by atoms with E-state index in [0.29, 0.717) is 6.54 Å². The third kappa shape index (κ3) is 2.55. The predicted octanol–water partition coefficient (Wildman–Crippen LogP) is 1.08. The Bertz CT molecular complexity index is 491. The zero-order chi connectivity index (χ0) is 12.3. The van der Waals surface area contributed by atoms with Gasteiger partial charge in [0.15, 0.2) is 5.65 Å². The minimum atomic E-state index is 0.618. The second-order valence-electron chi connectivity index (χ2n) is 4.19. The molecule has 17 heavy (non-hydrogen) atoms. The number of fused-ring (bicyclic) bond motifs is 1. The third-order valence-electron chi connectivity index (χ3n) is 2.71. The van der Waals surface area contributed by atoms with Crippen LogP contribution in [0.1, 0.15) is 19.0 Å². The summed E-state index contributed by atoms with van der Waals surface area (Å²) in [4.78, 5) is 6.59. The van der Waals surface area contributed by atoms with E-state index in [9.17, 15) is 0 Å². The number of hydrogen-bond acceptors (Lipinski definition) is 4. The van der Waals surface area contributed by atoms with Crippen LogP contribution in [-0.4, -0.2) is 34.7 Å². The molecular formula is C12H19N5. The number of imidazole rings is 1. The Morgan fingerprint density at radius 2 is 2.24 bits per heavy atom. The molecule has 0 radical (unpaired) electrons. The quantitative estimate of drug-likeness (QED) is 0.839. The smallest absolute Gasteiger partial charge is 0.153 e. The first-order chi connectivity index (χ1) is 8.24. The molecule has 2 aromatic heterocycles. The summed E-state index contributed by atoms with van der Waals surface area (Å²) in [6.45, 7) is 3.78. The Balaban J connectivity index is 2.29. The number of rotatable bonds is 5. The van der Waals surface area contributed by atoms with Crippen LogP contribution in [0.5, 0.6) is 0 Å². The van der Waals surface area contributed by atoms with Gasteiger partial charge in [0.25, 0.3) is 0 Å². The molecule has 5 nitrogen and oxygen atoms in total.